The molecule has 1 unspecified atom stereocenters. The third kappa shape index (κ3) is 4.78. The summed E-state index contributed by atoms with van der Waals surface area (Å²) in [5.41, 5.74) is 0.588. The first kappa shape index (κ1) is 20.3. The molecule has 1 aliphatic carbocycles. The lowest BCUT2D eigenvalue weighted by Gasteiger charge is -2.26. The first-order valence-electron chi connectivity index (χ1n) is 10.9. The second-order valence-electron chi connectivity index (χ2n) is 8.38. The van der Waals surface area contributed by atoms with Gasteiger partial charge in [0.1, 0.15) is 0 Å². The largest absolute Gasteiger partial charge is 0.352 e. The van der Waals surface area contributed by atoms with Crippen LogP contribution >= 0.6 is 12.2 Å². The fourth-order valence-corrected chi connectivity index (χ4v) is 5.06. The van der Waals surface area contributed by atoms with Crippen molar-refractivity contribution >= 4 is 29.0 Å². The predicted molar refractivity (Wildman–Crippen MR) is 118 cm³/mol. The second-order valence-corrected chi connectivity index (χ2v) is 8.76. The van der Waals surface area contributed by atoms with Crippen LogP contribution in [0.1, 0.15) is 51.4 Å². The Morgan fingerprint density at radius 1 is 1.14 bits per heavy atom. The van der Waals surface area contributed by atoms with E-state index in [0.29, 0.717) is 22.7 Å². The lowest BCUT2D eigenvalue weighted by atomic mass is 10.1. The van der Waals surface area contributed by atoms with Crippen molar-refractivity contribution in [3.63, 3.8) is 0 Å². The number of nitrogens with one attached hydrogen (secondary N) is 2. The predicted octanol–water partition coefficient (Wildman–Crippen LogP) is 3.36. The van der Waals surface area contributed by atoms with Crippen molar-refractivity contribution in [1.82, 2.24) is 19.8 Å². The molecular weight excluding hydrogens is 384 g/mol. The van der Waals surface area contributed by atoms with E-state index < -0.39 is 0 Å². The molecule has 2 heterocycles. The number of hydrogen-bond acceptors (Lipinski definition) is 4. The lowest BCUT2D eigenvalue weighted by molar-refractivity contribution is -0.122. The summed E-state index contributed by atoms with van der Waals surface area (Å²) in [6.45, 7) is 2.32. The van der Waals surface area contributed by atoms with Gasteiger partial charge in [-0.15, -0.1) is 0 Å². The van der Waals surface area contributed by atoms with E-state index in [2.05, 4.69) is 15.2 Å². The molecule has 1 aliphatic heterocycles. The topological polar surface area (TPSA) is 70.1 Å². The molecule has 156 valence electrons. The fraction of sp³-hybridized carbons (Fsp3) is 0.591. The van der Waals surface area contributed by atoms with Crippen molar-refractivity contribution in [2.45, 2.75) is 70.0 Å². The van der Waals surface area contributed by atoms with Crippen molar-refractivity contribution in [2.75, 3.05) is 13.1 Å². The molecule has 1 aromatic carbocycles. The molecule has 2 fully saturated rings. The molecule has 0 radical (unpaired) electrons. The Labute approximate surface area is 176 Å². The Bertz CT molecular complexity index is 975. The second kappa shape index (κ2) is 9.22. The molecule has 29 heavy (non-hydrogen) atoms. The van der Waals surface area contributed by atoms with Crippen LogP contribution in [0.5, 0.6) is 0 Å². The molecule has 6 nitrogen and oxygen atoms in total. The molecule has 0 bridgehead atoms. The highest BCUT2D eigenvalue weighted by Gasteiger charge is 2.29. The molecule has 2 aliphatic rings. The van der Waals surface area contributed by atoms with Gasteiger partial charge in [-0.3, -0.25) is 19.1 Å². The summed E-state index contributed by atoms with van der Waals surface area (Å²) in [4.78, 5) is 30.9. The summed E-state index contributed by atoms with van der Waals surface area (Å²) in [7, 11) is 0. The van der Waals surface area contributed by atoms with Gasteiger partial charge in [0.25, 0.3) is 5.56 Å². The number of likely N-dealkylation sites (tertiary alicyclic amines) is 1. The maximum Gasteiger partial charge on any atom is 0.262 e. The number of rotatable bonds is 5. The van der Waals surface area contributed by atoms with Crippen LogP contribution in [0.25, 0.3) is 10.9 Å². The number of para-hydroxylation sites is 1. The Morgan fingerprint density at radius 3 is 2.69 bits per heavy atom. The van der Waals surface area contributed by atoms with Gasteiger partial charge in [0.05, 0.1) is 10.9 Å². The van der Waals surface area contributed by atoms with Crippen LogP contribution in [0.3, 0.4) is 0 Å². The third-order valence-electron chi connectivity index (χ3n) is 6.38. The summed E-state index contributed by atoms with van der Waals surface area (Å²) in [5, 5.41) is 3.76. The van der Waals surface area contributed by atoms with E-state index in [1.54, 1.807) is 6.07 Å². The number of carbonyl (C=O) groups excluding carboxylic acids is 1. The molecule has 1 saturated heterocycles. The molecule has 1 amide bonds. The molecule has 1 aromatic heterocycles. The van der Waals surface area contributed by atoms with Crippen LogP contribution in [0.4, 0.5) is 0 Å². The number of H-pyrrole nitrogens is 1. The minimum atomic E-state index is -0.141. The number of aromatic amines is 1. The highest BCUT2D eigenvalue weighted by molar-refractivity contribution is 7.71. The van der Waals surface area contributed by atoms with Crippen molar-refractivity contribution < 1.29 is 4.79 Å². The highest BCUT2D eigenvalue weighted by atomic mass is 32.1. The molecule has 2 N–H and O–H groups in total. The zero-order valence-corrected chi connectivity index (χ0v) is 17.7. The van der Waals surface area contributed by atoms with E-state index in [1.807, 2.05) is 18.2 Å². The van der Waals surface area contributed by atoms with Crippen molar-refractivity contribution in [3.8, 4) is 0 Å². The van der Waals surface area contributed by atoms with Gasteiger partial charge in [0.2, 0.25) is 5.91 Å². The molecular formula is C22H30N4O2S. The lowest BCUT2D eigenvalue weighted by Crippen LogP contribution is -2.40. The van der Waals surface area contributed by atoms with Gasteiger partial charge in [-0.05, 0) is 43.6 Å². The summed E-state index contributed by atoms with van der Waals surface area (Å²) in [6, 6.07) is 8.22. The Balaban J connectivity index is 1.32. The standard InChI is InChI=1S/C22H30N4O2S/c27-20(23-16-11-13-25(15-16)17-7-3-1-2-4-8-17)12-14-26-21(28)18-9-5-6-10-19(18)24-22(26)29/h5-6,9-10,16-17H,1-4,7-8,11-15H2,(H,23,27)(H,24,29). The summed E-state index contributed by atoms with van der Waals surface area (Å²) >= 11 is 5.33. The number of carbonyl (C=O) groups is 1. The number of hydrogen-bond donors (Lipinski definition) is 2. The summed E-state index contributed by atoms with van der Waals surface area (Å²) < 4.78 is 1.85. The van der Waals surface area contributed by atoms with Crippen LogP contribution in [0, 0.1) is 4.77 Å². The van der Waals surface area contributed by atoms with Crippen molar-refractivity contribution in [1.29, 1.82) is 0 Å². The van der Waals surface area contributed by atoms with Crippen molar-refractivity contribution in [3.05, 3.63) is 39.4 Å². The fourth-order valence-electron chi connectivity index (χ4n) is 4.77. The van der Waals surface area contributed by atoms with Gasteiger partial charge in [-0.1, -0.05) is 37.8 Å². The van der Waals surface area contributed by atoms with E-state index in [0.717, 1.165) is 25.0 Å². The third-order valence-corrected chi connectivity index (χ3v) is 6.70. The Kier molecular flexibility index (Phi) is 6.45. The minimum Gasteiger partial charge on any atom is -0.352 e. The molecule has 1 atom stereocenters. The summed E-state index contributed by atoms with van der Waals surface area (Å²) in [5.74, 6) is -0.00725. The van der Waals surface area contributed by atoms with E-state index in [-0.39, 0.29) is 23.9 Å². The smallest absolute Gasteiger partial charge is 0.262 e. The maximum atomic E-state index is 12.7. The van der Waals surface area contributed by atoms with Gasteiger partial charge < -0.3 is 10.3 Å². The van der Waals surface area contributed by atoms with Crippen LogP contribution in [0.2, 0.25) is 0 Å². The summed E-state index contributed by atoms with van der Waals surface area (Å²) in [6.07, 6.45) is 9.25. The Hall–Kier alpha value is -1.99. The molecule has 1 saturated carbocycles. The van der Waals surface area contributed by atoms with Crippen LogP contribution in [0.15, 0.2) is 29.1 Å². The quantitative estimate of drug-likeness (QED) is 0.581. The zero-order chi connectivity index (χ0) is 20.2. The normalized spacial score (nSPS) is 21.3. The zero-order valence-electron chi connectivity index (χ0n) is 16.9. The van der Waals surface area contributed by atoms with Gasteiger partial charge >= 0.3 is 0 Å². The molecule has 7 heteroatoms. The minimum absolute atomic E-state index is 0.00725. The van der Waals surface area contributed by atoms with E-state index >= 15 is 0 Å². The molecule has 4 rings (SSSR count). The number of nitrogens with zero attached hydrogens (tertiary/aromatic N) is 2. The van der Waals surface area contributed by atoms with Crippen LogP contribution in [-0.2, 0) is 11.3 Å². The van der Waals surface area contributed by atoms with Crippen molar-refractivity contribution in [2.24, 2.45) is 0 Å². The monoisotopic (exact) mass is 414 g/mol. The number of amides is 1. The van der Waals surface area contributed by atoms with E-state index in [1.165, 1.54) is 43.1 Å². The van der Waals surface area contributed by atoms with Crippen LogP contribution in [-0.4, -0.2) is 45.5 Å². The van der Waals surface area contributed by atoms with Gasteiger partial charge in [-0.2, -0.15) is 0 Å². The SMILES string of the molecule is O=C(CCn1c(=S)[nH]c2ccccc2c1=O)NC1CCN(C2CCCCCC2)C1. The average molecular weight is 415 g/mol. The Morgan fingerprint density at radius 2 is 1.90 bits per heavy atom. The van der Waals surface area contributed by atoms with Gasteiger partial charge in [0, 0.05) is 38.1 Å². The van der Waals surface area contributed by atoms with E-state index in [4.69, 9.17) is 12.2 Å². The van der Waals surface area contributed by atoms with Gasteiger partial charge in [-0.25, -0.2) is 0 Å². The number of fused-ring (bicyclic) bond motifs is 1. The van der Waals surface area contributed by atoms with E-state index in [9.17, 15) is 9.59 Å². The number of aromatic nitrogens is 2. The number of benzene rings is 1. The van der Waals surface area contributed by atoms with Crippen LogP contribution < -0.4 is 10.9 Å². The van der Waals surface area contributed by atoms with Gasteiger partial charge in [0.15, 0.2) is 4.77 Å². The molecule has 0 spiro atoms. The average Bonchev–Trinajstić information content (AvgIpc) is 3.00. The molecule has 2 aromatic rings. The first-order valence-corrected chi connectivity index (χ1v) is 11.3. The maximum absolute atomic E-state index is 12.7. The highest BCUT2D eigenvalue weighted by Crippen LogP contribution is 2.25. The first-order chi connectivity index (χ1) is 14.1.